The summed E-state index contributed by atoms with van der Waals surface area (Å²) in [7, 11) is 0. The van der Waals surface area contributed by atoms with Gasteiger partial charge in [0, 0.05) is 6.42 Å². The molecule has 2 rings (SSSR count). The zero-order valence-electron chi connectivity index (χ0n) is 11.0. The number of alkyl halides is 1. The average molecular weight is 280 g/mol. The Labute approximate surface area is 118 Å². The SMILES string of the molecule is CC1CCC(=O)C(NC(=O)CCl)(c2ccccc2)C1. The van der Waals surface area contributed by atoms with Crippen LogP contribution in [0.1, 0.15) is 31.7 Å². The Morgan fingerprint density at radius 2 is 2.11 bits per heavy atom. The predicted molar refractivity (Wildman–Crippen MR) is 75.0 cm³/mol. The number of ketones is 1. The molecule has 1 N–H and O–H groups in total. The number of hydrogen-bond donors (Lipinski definition) is 1. The minimum absolute atomic E-state index is 0.0790. The summed E-state index contributed by atoms with van der Waals surface area (Å²) in [6.45, 7) is 2.11. The fourth-order valence-electron chi connectivity index (χ4n) is 2.80. The molecule has 1 fully saturated rings. The number of rotatable bonds is 3. The quantitative estimate of drug-likeness (QED) is 0.865. The summed E-state index contributed by atoms with van der Waals surface area (Å²) in [6, 6.07) is 9.46. The number of amides is 1. The van der Waals surface area contributed by atoms with Gasteiger partial charge < -0.3 is 5.32 Å². The summed E-state index contributed by atoms with van der Waals surface area (Å²) in [4.78, 5) is 24.2. The lowest BCUT2D eigenvalue weighted by molar-refractivity contribution is -0.134. The number of hydrogen-bond acceptors (Lipinski definition) is 2. The van der Waals surface area contributed by atoms with Gasteiger partial charge in [-0.3, -0.25) is 9.59 Å². The molecule has 1 aliphatic rings. The van der Waals surface area contributed by atoms with Crippen molar-refractivity contribution < 1.29 is 9.59 Å². The van der Waals surface area contributed by atoms with Crippen LogP contribution in [0.4, 0.5) is 0 Å². The molecule has 4 heteroatoms. The first-order valence-electron chi connectivity index (χ1n) is 6.54. The van der Waals surface area contributed by atoms with E-state index in [0.29, 0.717) is 18.8 Å². The molecule has 2 atom stereocenters. The third-order valence-electron chi connectivity index (χ3n) is 3.74. The van der Waals surface area contributed by atoms with Gasteiger partial charge in [0.2, 0.25) is 5.91 Å². The third kappa shape index (κ3) is 2.81. The van der Waals surface area contributed by atoms with Crippen molar-refractivity contribution in [3.05, 3.63) is 35.9 Å². The van der Waals surface area contributed by atoms with E-state index in [1.165, 1.54) is 0 Å². The maximum Gasteiger partial charge on any atom is 0.235 e. The molecule has 0 aromatic heterocycles. The summed E-state index contributed by atoms with van der Waals surface area (Å²) in [5.41, 5.74) is -0.0460. The van der Waals surface area contributed by atoms with Gasteiger partial charge in [-0.2, -0.15) is 0 Å². The first kappa shape index (κ1) is 14.1. The van der Waals surface area contributed by atoms with Gasteiger partial charge in [0.15, 0.2) is 5.78 Å². The van der Waals surface area contributed by atoms with Crippen molar-refractivity contribution in [2.75, 3.05) is 5.88 Å². The van der Waals surface area contributed by atoms with E-state index in [4.69, 9.17) is 11.6 Å². The van der Waals surface area contributed by atoms with E-state index in [9.17, 15) is 9.59 Å². The number of carbonyl (C=O) groups excluding carboxylic acids is 2. The van der Waals surface area contributed by atoms with E-state index < -0.39 is 5.54 Å². The molecule has 1 aliphatic carbocycles. The summed E-state index contributed by atoms with van der Waals surface area (Å²) >= 11 is 5.58. The van der Waals surface area contributed by atoms with Crippen molar-refractivity contribution in [1.82, 2.24) is 5.32 Å². The molecule has 0 spiro atoms. The zero-order valence-corrected chi connectivity index (χ0v) is 11.7. The Bertz CT molecular complexity index is 474. The molecule has 1 aromatic rings. The van der Waals surface area contributed by atoms with Crippen molar-refractivity contribution >= 4 is 23.3 Å². The van der Waals surface area contributed by atoms with Crippen molar-refractivity contribution in [3.8, 4) is 0 Å². The van der Waals surface area contributed by atoms with E-state index in [-0.39, 0.29) is 17.6 Å². The molecule has 1 aromatic carbocycles. The zero-order chi connectivity index (χ0) is 13.9. The van der Waals surface area contributed by atoms with Gasteiger partial charge >= 0.3 is 0 Å². The van der Waals surface area contributed by atoms with Gasteiger partial charge in [0.05, 0.1) is 0 Å². The van der Waals surface area contributed by atoms with Gasteiger partial charge in [-0.25, -0.2) is 0 Å². The van der Waals surface area contributed by atoms with Crippen LogP contribution in [0.5, 0.6) is 0 Å². The number of benzene rings is 1. The van der Waals surface area contributed by atoms with Crippen LogP contribution in [-0.2, 0) is 15.1 Å². The normalized spacial score (nSPS) is 27.1. The standard InChI is InChI=1S/C15H18ClNO2/c1-11-7-8-13(18)15(9-11,17-14(19)10-16)12-5-3-2-4-6-12/h2-6,11H,7-10H2,1H3,(H,17,19). The maximum atomic E-state index is 12.5. The molecule has 102 valence electrons. The van der Waals surface area contributed by atoms with Gasteiger partial charge in [-0.05, 0) is 24.3 Å². The molecule has 1 saturated carbocycles. The van der Waals surface area contributed by atoms with Crippen LogP contribution in [0.3, 0.4) is 0 Å². The maximum absolute atomic E-state index is 12.5. The topological polar surface area (TPSA) is 46.2 Å². The smallest absolute Gasteiger partial charge is 0.235 e. The van der Waals surface area contributed by atoms with Crippen LogP contribution in [0.25, 0.3) is 0 Å². The number of carbonyl (C=O) groups is 2. The van der Waals surface area contributed by atoms with Crippen LogP contribution in [0.2, 0.25) is 0 Å². The van der Waals surface area contributed by atoms with Crippen LogP contribution in [0, 0.1) is 5.92 Å². The first-order valence-corrected chi connectivity index (χ1v) is 7.08. The molecule has 1 amide bonds. The van der Waals surface area contributed by atoms with E-state index in [1.807, 2.05) is 30.3 Å². The third-order valence-corrected chi connectivity index (χ3v) is 3.98. The van der Waals surface area contributed by atoms with Crippen molar-refractivity contribution in [2.45, 2.75) is 31.7 Å². The minimum atomic E-state index is -0.898. The van der Waals surface area contributed by atoms with Gasteiger partial charge in [0.1, 0.15) is 11.4 Å². The first-order chi connectivity index (χ1) is 9.08. The molecule has 2 unspecified atom stereocenters. The number of halogens is 1. The Hall–Kier alpha value is -1.35. The Kier molecular flexibility index (Phi) is 4.25. The number of Topliss-reactive ketones (excluding diaryl/α,β-unsaturated/α-hetero) is 1. The molecule has 0 bridgehead atoms. The highest BCUT2D eigenvalue weighted by Gasteiger charge is 2.44. The van der Waals surface area contributed by atoms with E-state index in [0.717, 1.165) is 12.0 Å². The van der Waals surface area contributed by atoms with Crippen LogP contribution < -0.4 is 5.32 Å². The minimum Gasteiger partial charge on any atom is -0.339 e. The second-order valence-electron chi connectivity index (χ2n) is 5.22. The largest absolute Gasteiger partial charge is 0.339 e. The lowest BCUT2D eigenvalue weighted by atomic mass is 9.71. The van der Waals surface area contributed by atoms with Crippen molar-refractivity contribution in [1.29, 1.82) is 0 Å². The highest BCUT2D eigenvalue weighted by Crippen LogP contribution is 2.37. The molecule has 0 heterocycles. The Balaban J connectivity index is 2.42. The lowest BCUT2D eigenvalue weighted by Crippen LogP contribution is -2.55. The van der Waals surface area contributed by atoms with Crippen molar-refractivity contribution in [3.63, 3.8) is 0 Å². The molecule has 0 radical (unpaired) electrons. The van der Waals surface area contributed by atoms with E-state index in [1.54, 1.807) is 0 Å². The monoisotopic (exact) mass is 279 g/mol. The summed E-state index contributed by atoms with van der Waals surface area (Å²) in [5, 5.41) is 2.86. The van der Waals surface area contributed by atoms with Crippen molar-refractivity contribution in [2.24, 2.45) is 5.92 Å². The average Bonchev–Trinajstić information content (AvgIpc) is 2.43. The summed E-state index contributed by atoms with van der Waals surface area (Å²) < 4.78 is 0. The predicted octanol–water partition coefficient (Wildman–Crippen LogP) is 2.63. The fourth-order valence-corrected chi connectivity index (χ4v) is 2.86. The fraction of sp³-hybridized carbons (Fsp3) is 0.467. The highest BCUT2D eigenvalue weighted by atomic mass is 35.5. The summed E-state index contributed by atoms with van der Waals surface area (Å²) in [6.07, 6.45) is 2.02. The van der Waals surface area contributed by atoms with E-state index >= 15 is 0 Å². The number of nitrogens with one attached hydrogen (secondary N) is 1. The summed E-state index contributed by atoms with van der Waals surface area (Å²) in [5.74, 6) is 0.0488. The highest BCUT2D eigenvalue weighted by molar-refractivity contribution is 6.27. The van der Waals surface area contributed by atoms with Crippen LogP contribution in [-0.4, -0.2) is 17.6 Å². The molecule has 3 nitrogen and oxygen atoms in total. The van der Waals surface area contributed by atoms with Gasteiger partial charge in [-0.1, -0.05) is 37.3 Å². The second-order valence-corrected chi connectivity index (χ2v) is 5.49. The van der Waals surface area contributed by atoms with Crippen LogP contribution in [0.15, 0.2) is 30.3 Å². The Morgan fingerprint density at radius 1 is 1.42 bits per heavy atom. The second kappa shape index (κ2) is 5.74. The van der Waals surface area contributed by atoms with Gasteiger partial charge in [0.25, 0.3) is 0 Å². The molecule has 0 saturated heterocycles. The van der Waals surface area contributed by atoms with Crippen LogP contribution >= 0.6 is 11.6 Å². The molecular formula is C15H18ClNO2. The molecule has 19 heavy (non-hydrogen) atoms. The lowest BCUT2D eigenvalue weighted by Gasteiger charge is -2.39. The van der Waals surface area contributed by atoms with E-state index in [2.05, 4.69) is 12.2 Å². The van der Waals surface area contributed by atoms with Gasteiger partial charge in [-0.15, -0.1) is 11.6 Å². The Morgan fingerprint density at radius 3 is 2.74 bits per heavy atom. The molecule has 0 aliphatic heterocycles. The molecular weight excluding hydrogens is 262 g/mol.